The van der Waals surface area contributed by atoms with Crippen molar-refractivity contribution >= 4 is 29.2 Å². The van der Waals surface area contributed by atoms with Gasteiger partial charge in [-0.05, 0) is 12.0 Å². The lowest BCUT2D eigenvalue weighted by molar-refractivity contribution is -0.158. The smallest absolute Gasteiger partial charge is 0.343 e. The zero-order valence-electron chi connectivity index (χ0n) is 8.61. The lowest BCUT2D eigenvalue weighted by Gasteiger charge is -2.26. The number of aliphatic hydroxyl groups excluding tert-OH is 1. The van der Waals surface area contributed by atoms with Crippen LogP contribution < -0.4 is 0 Å². The van der Waals surface area contributed by atoms with Gasteiger partial charge >= 0.3 is 5.97 Å². The van der Waals surface area contributed by atoms with E-state index in [9.17, 15) is 15.0 Å². The maximum absolute atomic E-state index is 11.5. The minimum absolute atomic E-state index is 0.0344. The van der Waals surface area contributed by atoms with Crippen LogP contribution in [-0.4, -0.2) is 40.4 Å². The number of methoxy groups -OCH3 is 1. The van der Waals surface area contributed by atoms with Crippen molar-refractivity contribution in [2.75, 3.05) is 7.11 Å². The molecule has 0 saturated carbocycles. The van der Waals surface area contributed by atoms with Crippen molar-refractivity contribution in [2.24, 2.45) is 0 Å². The first-order chi connectivity index (χ1) is 7.41. The van der Waals surface area contributed by atoms with Crippen molar-refractivity contribution in [1.82, 2.24) is 0 Å². The molecule has 1 aliphatic carbocycles. The van der Waals surface area contributed by atoms with Crippen LogP contribution in [0.1, 0.15) is 6.42 Å². The average Bonchev–Trinajstić information content (AvgIpc) is 2.44. The third-order valence-electron chi connectivity index (χ3n) is 2.53. The molecule has 90 valence electrons. The standard InChI is InChI=1S/C10H12Cl2O4/c1-3-4-5-6(11)7(13)8(12)10(5,15)9(14)16-2/h3,7-8,13,15H,1,4H2,2H3. The maximum atomic E-state index is 11.5. The minimum atomic E-state index is -2.10. The van der Waals surface area contributed by atoms with E-state index in [0.717, 1.165) is 7.11 Å². The number of carbonyl (C=O) groups excluding carboxylic acids is 1. The first kappa shape index (κ1) is 13.5. The molecule has 0 saturated heterocycles. The van der Waals surface area contributed by atoms with Crippen molar-refractivity contribution in [3.63, 3.8) is 0 Å². The highest BCUT2D eigenvalue weighted by atomic mass is 35.5. The highest BCUT2D eigenvalue weighted by Crippen LogP contribution is 2.43. The molecule has 0 aromatic rings. The molecule has 16 heavy (non-hydrogen) atoms. The van der Waals surface area contributed by atoms with E-state index in [1.165, 1.54) is 6.08 Å². The van der Waals surface area contributed by atoms with E-state index in [1.807, 2.05) is 0 Å². The second-order valence-electron chi connectivity index (χ2n) is 3.42. The molecule has 3 unspecified atom stereocenters. The predicted octanol–water partition coefficient (Wildman–Crippen LogP) is 0.941. The number of hydrogen-bond donors (Lipinski definition) is 2. The van der Waals surface area contributed by atoms with Crippen LogP contribution >= 0.6 is 23.2 Å². The van der Waals surface area contributed by atoms with Gasteiger partial charge in [-0.25, -0.2) is 4.79 Å². The first-order valence-corrected chi connectivity index (χ1v) is 5.35. The van der Waals surface area contributed by atoms with Gasteiger partial charge in [-0.2, -0.15) is 0 Å². The van der Waals surface area contributed by atoms with Gasteiger partial charge in [-0.15, -0.1) is 18.2 Å². The molecule has 0 radical (unpaired) electrons. The van der Waals surface area contributed by atoms with E-state index in [1.54, 1.807) is 0 Å². The van der Waals surface area contributed by atoms with E-state index in [-0.39, 0.29) is 17.0 Å². The van der Waals surface area contributed by atoms with Gasteiger partial charge in [-0.1, -0.05) is 17.7 Å². The Balaban J connectivity index is 3.25. The Kier molecular flexibility index (Phi) is 4.02. The molecular weight excluding hydrogens is 255 g/mol. The fourth-order valence-electron chi connectivity index (χ4n) is 1.67. The number of rotatable bonds is 3. The van der Waals surface area contributed by atoms with E-state index in [0.29, 0.717) is 0 Å². The zero-order chi connectivity index (χ0) is 12.5. The largest absolute Gasteiger partial charge is 0.467 e. The van der Waals surface area contributed by atoms with Crippen molar-refractivity contribution in [3.05, 3.63) is 23.3 Å². The summed E-state index contributed by atoms with van der Waals surface area (Å²) in [6, 6.07) is 0. The molecule has 0 spiro atoms. The Bertz CT molecular complexity index is 353. The van der Waals surface area contributed by atoms with Gasteiger partial charge in [0.2, 0.25) is 5.60 Å². The van der Waals surface area contributed by atoms with E-state index in [4.69, 9.17) is 23.2 Å². The van der Waals surface area contributed by atoms with Crippen molar-refractivity contribution in [2.45, 2.75) is 23.5 Å². The summed E-state index contributed by atoms with van der Waals surface area (Å²) in [5.41, 5.74) is -1.97. The summed E-state index contributed by atoms with van der Waals surface area (Å²) < 4.78 is 4.47. The number of esters is 1. The summed E-state index contributed by atoms with van der Waals surface area (Å²) >= 11 is 11.6. The fourth-order valence-corrected chi connectivity index (χ4v) is 2.43. The molecule has 0 aliphatic heterocycles. The second kappa shape index (κ2) is 4.75. The number of carbonyl (C=O) groups is 1. The molecule has 0 aromatic carbocycles. The number of allylic oxidation sites excluding steroid dienone is 1. The molecule has 1 aliphatic rings. The molecule has 0 amide bonds. The van der Waals surface area contributed by atoms with Gasteiger partial charge in [0, 0.05) is 0 Å². The number of ether oxygens (including phenoxy) is 1. The Morgan fingerprint density at radius 3 is 2.75 bits per heavy atom. The Morgan fingerprint density at radius 1 is 1.75 bits per heavy atom. The Morgan fingerprint density at radius 2 is 2.31 bits per heavy atom. The predicted molar refractivity (Wildman–Crippen MR) is 60.3 cm³/mol. The Labute approximate surface area is 103 Å². The molecular formula is C10H12Cl2O4. The first-order valence-electron chi connectivity index (χ1n) is 4.54. The second-order valence-corrected chi connectivity index (χ2v) is 4.30. The normalized spacial score (nSPS) is 34.1. The fraction of sp³-hybridized carbons (Fsp3) is 0.500. The summed E-state index contributed by atoms with van der Waals surface area (Å²) in [5.74, 6) is -0.945. The van der Waals surface area contributed by atoms with Crippen molar-refractivity contribution in [1.29, 1.82) is 0 Å². The maximum Gasteiger partial charge on any atom is 0.343 e. The van der Waals surface area contributed by atoms with Crippen LogP contribution in [0.2, 0.25) is 0 Å². The summed E-state index contributed by atoms with van der Waals surface area (Å²) in [6.07, 6.45) is 0.306. The van der Waals surface area contributed by atoms with Crippen molar-refractivity contribution in [3.8, 4) is 0 Å². The highest BCUT2D eigenvalue weighted by Gasteiger charge is 2.57. The summed E-state index contributed by atoms with van der Waals surface area (Å²) in [7, 11) is 1.12. The van der Waals surface area contributed by atoms with Gasteiger partial charge in [0.1, 0.15) is 11.5 Å². The number of alkyl halides is 1. The van der Waals surface area contributed by atoms with Crippen LogP contribution in [0.5, 0.6) is 0 Å². The molecule has 4 nitrogen and oxygen atoms in total. The summed E-state index contributed by atoms with van der Waals surface area (Å²) in [4.78, 5) is 11.5. The van der Waals surface area contributed by atoms with Crippen LogP contribution in [0.3, 0.4) is 0 Å². The van der Waals surface area contributed by atoms with Gasteiger partial charge in [-0.3, -0.25) is 0 Å². The highest BCUT2D eigenvalue weighted by molar-refractivity contribution is 6.34. The van der Waals surface area contributed by atoms with Crippen LogP contribution in [-0.2, 0) is 9.53 Å². The van der Waals surface area contributed by atoms with Gasteiger partial charge in [0.05, 0.1) is 12.1 Å². The molecule has 0 fully saturated rings. The molecule has 1 rings (SSSR count). The van der Waals surface area contributed by atoms with Gasteiger partial charge in [0.15, 0.2) is 0 Å². The molecule has 3 atom stereocenters. The topological polar surface area (TPSA) is 66.8 Å². The van der Waals surface area contributed by atoms with Crippen LogP contribution in [0, 0.1) is 0 Å². The van der Waals surface area contributed by atoms with E-state index >= 15 is 0 Å². The van der Waals surface area contributed by atoms with Crippen LogP contribution in [0.25, 0.3) is 0 Å². The molecule has 0 heterocycles. The molecule has 6 heteroatoms. The minimum Gasteiger partial charge on any atom is -0.467 e. The van der Waals surface area contributed by atoms with Crippen LogP contribution in [0.15, 0.2) is 23.3 Å². The number of halogens is 2. The third kappa shape index (κ3) is 1.76. The quantitative estimate of drug-likeness (QED) is 0.453. The van der Waals surface area contributed by atoms with Gasteiger partial charge in [0.25, 0.3) is 0 Å². The van der Waals surface area contributed by atoms with Crippen molar-refractivity contribution < 1.29 is 19.7 Å². The molecule has 0 bridgehead atoms. The average molecular weight is 267 g/mol. The Hall–Kier alpha value is -0.550. The monoisotopic (exact) mass is 266 g/mol. The molecule has 0 aromatic heterocycles. The van der Waals surface area contributed by atoms with Crippen LogP contribution in [0.4, 0.5) is 0 Å². The van der Waals surface area contributed by atoms with E-state index < -0.39 is 23.1 Å². The lowest BCUT2D eigenvalue weighted by Crippen LogP contribution is -2.49. The summed E-state index contributed by atoms with van der Waals surface area (Å²) in [5, 5.41) is 18.5. The SMILES string of the molecule is C=CCC1=C(Cl)C(O)C(Cl)C1(O)C(=O)OC. The lowest BCUT2D eigenvalue weighted by atomic mass is 9.93. The third-order valence-corrected chi connectivity index (χ3v) is 3.54. The summed E-state index contributed by atoms with van der Waals surface area (Å²) in [6.45, 7) is 3.48. The number of hydrogen-bond acceptors (Lipinski definition) is 4. The number of aliphatic hydroxyl groups is 2. The van der Waals surface area contributed by atoms with E-state index in [2.05, 4.69) is 11.3 Å². The zero-order valence-corrected chi connectivity index (χ0v) is 10.1. The van der Waals surface area contributed by atoms with Gasteiger partial charge < -0.3 is 14.9 Å². The molecule has 2 N–H and O–H groups in total.